The highest BCUT2D eigenvalue weighted by Crippen LogP contribution is 2.39. The van der Waals surface area contributed by atoms with Crippen molar-refractivity contribution in [2.24, 2.45) is 11.8 Å². The number of thiophene rings is 1. The lowest BCUT2D eigenvalue weighted by atomic mass is 9.82. The van der Waals surface area contributed by atoms with Crippen LogP contribution in [0.4, 0.5) is 5.69 Å². The summed E-state index contributed by atoms with van der Waals surface area (Å²) in [6.45, 7) is 5.39. The number of benzene rings is 1. The summed E-state index contributed by atoms with van der Waals surface area (Å²) in [5, 5.41) is 12.0. The number of rotatable bonds is 9. The monoisotopic (exact) mass is 537 g/mol. The zero-order valence-electron chi connectivity index (χ0n) is 21.1. The molecule has 5 rings (SSSR count). The van der Waals surface area contributed by atoms with E-state index in [1.54, 1.807) is 16.2 Å². The molecule has 0 atom stereocenters. The fourth-order valence-electron chi connectivity index (χ4n) is 4.93. The number of anilines is 1. The summed E-state index contributed by atoms with van der Waals surface area (Å²) >= 11 is 2.80. The van der Waals surface area contributed by atoms with Crippen molar-refractivity contribution in [3.05, 3.63) is 53.0 Å². The molecule has 1 fully saturated rings. The quantitative estimate of drug-likeness (QED) is 0.241. The molecule has 7 nitrogen and oxygen atoms in total. The molecule has 0 spiro atoms. The average Bonchev–Trinajstić information content (AvgIpc) is 3.62. The van der Waals surface area contributed by atoms with E-state index >= 15 is 0 Å². The van der Waals surface area contributed by atoms with Crippen LogP contribution in [0.25, 0.3) is 26.7 Å². The van der Waals surface area contributed by atoms with Gasteiger partial charge in [0.1, 0.15) is 4.88 Å². The molecule has 3 heterocycles. The van der Waals surface area contributed by atoms with Crippen molar-refractivity contribution in [3.8, 4) is 21.7 Å². The summed E-state index contributed by atoms with van der Waals surface area (Å²) in [6.07, 6.45) is 7.73. The Balaban J connectivity index is 1.44. The van der Waals surface area contributed by atoms with Crippen LogP contribution in [-0.4, -0.2) is 46.1 Å². The molecule has 1 amide bonds. The highest BCUT2D eigenvalue weighted by atomic mass is 32.1. The second-order valence-corrected chi connectivity index (χ2v) is 11.5. The lowest BCUT2D eigenvalue weighted by Crippen LogP contribution is -2.40. The third-order valence-electron chi connectivity index (χ3n) is 7.05. The van der Waals surface area contributed by atoms with Crippen molar-refractivity contribution in [2.75, 3.05) is 24.7 Å². The van der Waals surface area contributed by atoms with Gasteiger partial charge < -0.3 is 14.7 Å². The molecule has 0 unspecified atom stereocenters. The van der Waals surface area contributed by atoms with Gasteiger partial charge in [-0.15, -0.1) is 22.7 Å². The van der Waals surface area contributed by atoms with Gasteiger partial charge in [0.15, 0.2) is 4.96 Å². The van der Waals surface area contributed by atoms with Crippen LogP contribution >= 0.6 is 22.7 Å². The van der Waals surface area contributed by atoms with E-state index in [-0.39, 0.29) is 16.7 Å². The van der Waals surface area contributed by atoms with Gasteiger partial charge in [-0.1, -0.05) is 31.2 Å². The molecule has 0 radical (unpaired) electrons. The van der Waals surface area contributed by atoms with Gasteiger partial charge in [-0.05, 0) is 50.2 Å². The highest BCUT2D eigenvalue weighted by molar-refractivity contribution is 7.18. The van der Waals surface area contributed by atoms with E-state index in [1.165, 1.54) is 11.3 Å². The Labute approximate surface area is 224 Å². The van der Waals surface area contributed by atoms with E-state index < -0.39 is 5.97 Å². The van der Waals surface area contributed by atoms with Crippen LogP contribution in [0.2, 0.25) is 0 Å². The molecular weight excluding hydrogens is 506 g/mol. The number of imidazole rings is 1. The second kappa shape index (κ2) is 11.2. The number of aromatic nitrogens is 2. The van der Waals surface area contributed by atoms with Crippen LogP contribution in [0.3, 0.4) is 0 Å². The molecule has 37 heavy (non-hydrogen) atoms. The SMILES string of the molecule is CCOCCN(c1cc(-c2ccc(-c3cn4ccsc4n3)cc2)sc1C(=O)O)C(=O)[C@H]1CC[C@H](C)CC1. The van der Waals surface area contributed by atoms with Crippen LogP contribution in [0.15, 0.2) is 48.1 Å². The Hall–Kier alpha value is -3.01. The molecule has 0 saturated heterocycles. The van der Waals surface area contributed by atoms with Gasteiger partial charge in [0.25, 0.3) is 0 Å². The third kappa shape index (κ3) is 5.49. The van der Waals surface area contributed by atoms with Crippen LogP contribution in [0, 0.1) is 11.8 Å². The zero-order chi connectivity index (χ0) is 25.9. The van der Waals surface area contributed by atoms with Crippen LogP contribution < -0.4 is 4.90 Å². The minimum Gasteiger partial charge on any atom is -0.477 e. The fourth-order valence-corrected chi connectivity index (χ4v) is 6.63. The number of carboxylic acids is 1. The first kappa shape index (κ1) is 25.6. The maximum atomic E-state index is 13.6. The minimum absolute atomic E-state index is 0.00792. The number of hydrogen-bond donors (Lipinski definition) is 1. The van der Waals surface area contributed by atoms with Gasteiger partial charge in [-0.3, -0.25) is 9.20 Å². The average molecular weight is 538 g/mol. The van der Waals surface area contributed by atoms with Gasteiger partial charge in [0.05, 0.1) is 18.0 Å². The maximum Gasteiger partial charge on any atom is 0.348 e. The number of hydrogen-bond acceptors (Lipinski definition) is 6. The second-order valence-electron chi connectivity index (χ2n) is 9.57. The molecule has 1 aliphatic carbocycles. The Kier molecular flexibility index (Phi) is 7.73. The van der Waals surface area contributed by atoms with Crippen LogP contribution in [0.1, 0.15) is 49.2 Å². The largest absolute Gasteiger partial charge is 0.477 e. The molecule has 194 valence electrons. The molecule has 0 bridgehead atoms. The summed E-state index contributed by atoms with van der Waals surface area (Å²) in [5.74, 6) is -0.461. The third-order valence-corrected chi connectivity index (χ3v) is 8.98. The summed E-state index contributed by atoms with van der Waals surface area (Å²) in [5.41, 5.74) is 3.27. The lowest BCUT2D eigenvalue weighted by Gasteiger charge is -2.31. The number of aromatic carboxylic acids is 1. The number of carboxylic acid groups (broad SMARTS) is 1. The number of fused-ring (bicyclic) bond motifs is 1. The first-order chi connectivity index (χ1) is 17.9. The maximum absolute atomic E-state index is 13.6. The molecule has 3 aromatic heterocycles. The van der Waals surface area contributed by atoms with Crippen molar-refractivity contribution in [3.63, 3.8) is 0 Å². The molecule has 1 saturated carbocycles. The topological polar surface area (TPSA) is 84.1 Å². The van der Waals surface area contributed by atoms with Crippen LogP contribution in [0.5, 0.6) is 0 Å². The Morgan fingerprint density at radius 1 is 1.16 bits per heavy atom. The molecule has 9 heteroatoms. The van der Waals surface area contributed by atoms with Crippen molar-refractivity contribution in [1.29, 1.82) is 0 Å². The standard InChI is InChI=1S/C28H31N3O4S2/c1-3-35-14-12-31(26(32)21-6-4-18(2)5-7-21)23-16-24(37-25(23)27(33)34)20-10-8-19(9-11-20)22-17-30-13-15-36-28(30)29-22/h8-11,13,15-18,21H,3-7,12,14H2,1-2H3,(H,33,34)/t18-,21-. The number of nitrogens with zero attached hydrogens (tertiary/aromatic N) is 3. The summed E-state index contributed by atoms with van der Waals surface area (Å²) < 4.78 is 7.56. The highest BCUT2D eigenvalue weighted by Gasteiger charge is 2.32. The Morgan fingerprint density at radius 2 is 1.89 bits per heavy atom. The predicted molar refractivity (Wildman–Crippen MR) is 149 cm³/mol. The first-order valence-electron chi connectivity index (χ1n) is 12.7. The van der Waals surface area contributed by atoms with Gasteiger partial charge in [0.2, 0.25) is 5.91 Å². The number of carbonyl (C=O) groups is 2. The van der Waals surface area contributed by atoms with Crippen molar-refractivity contribution < 1.29 is 19.4 Å². The molecular formula is C28H31N3O4S2. The number of carbonyl (C=O) groups excluding carboxylic acids is 1. The Bertz CT molecular complexity index is 1350. The summed E-state index contributed by atoms with van der Waals surface area (Å²) in [6, 6.07) is 9.83. The molecule has 1 N–H and O–H groups in total. The number of thiazole rings is 1. The van der Waals surface area contributed by atoms with Crippen LogP contribution in [-0.2, 0) is 9.53 Å². The van der Waals surface area contributed by atoms with E-state index in [0.29, 0.717) is 31.4 Å². The molecule has 0 aliphatic heterocycles. The van der Waals surface area contributed by atoms with Gasteiger partial charge in [0, 0.05) is 47.3 Å². The molecule has 1 aromatic carbocycles. The normalized spacial score (nSPS) is 17.8. The fraction of sp³-hybridized carbons (Fsp3) is 0.393. The number of amides is 1. The minimum atomic E-state index is -1.02. The summed E-state index contributed by atoms with van der Waals surface area (Å²) in [7, 11) is 0. The first-order valence-corrected chi connectivity index (χ1v) is 14.4. The van der Waals surface area contributed by atoms with E-state index in [2.05, 4.69) is 11.9 Å². The summed E-state index contributed by atoms with van der Waals surface area (Å²) in [4.78, 5) is 34.2. The Morgan fingerprint density at radius 3 is 2.57 bits per heavy atom. The van der Waals surface area contributed by atoms with E-state index in [1.807, 2.05) is 59.4 Å². The van der Waals surface area contributed by atoms with E-state index in [0.717, 1.165) is 52.3 Å². The van der Waals surface area contributed by atoms with E-state index in [4.69, 9.17) is 4.74 Å². The molecule has 1 aliphatic rings. The van der Waals surface area contributed by atoms with Crippen molar-refractivity contribution >= 4 is 45.2 Å². The van der Waals surface area contributed by atoms with E-state index in [9.17, 15) is 14.7 Å². The lowest BCUT2D eigenvalue weighted by molar-refractivity contribution is -0.123. The van der Waals surface area contributed by atoms with Crippen molar-refractivity contribution in [2.45, 2.75) is 39.5 Å². The van der Waals surface area contributed by atoms with Gasteiger partial charge >= 0.3 is 5.97 Å². The number of ether oxygens (including phenoxy) is 1. The predicted octanol–water partition coefficient (Wildman–Crippen LogP) is 6.69. The van der Waals surface area contributed by atoms with Gasteiger partial charge in [-0.2, -0.15) is 0 Å². The van der Waals surface area contributed by atoms with Crippen molar-refractivity contribution in [1.82, 2.24) is 9.38 Å². The molecule has 4 aromatic rings. The zero-order valence-corrected chi connectivity index (χ0v) is 22.7. The smallest absolute Gasteiger partial charge is 0.348 e. The van der Waals surface area contributed by atoms with Gasteiger partial charge in [-0.25, -0.2) is 9.78 Å².